The van der Waals surface area contributed by atoms with Gasteiger partial charge >= 0.3 is 8.60 Å². The summed E-state index contributed by atoms with van der Waals surface area (Å²) in [5, 5.41) is 0. The molecule has 0 aliphatic rings. The van der Waals surface area contributed by atoms with Gasteiger partial charge in [0.2, 0.25) is 0 Å². The van der Waals surface area contributed by atoms with Crippen molar-refractivity contribution in [2.75, 3.05) is 26.4 Å². The first-order chi connectivity index (χ1) is 31.7. The van der Waals surface area contributed by atoms with Crippen molar-refractivity contribution in [1.29, 1.82) is 0 Å². The molecule has 0 aromatic heterocycles. The summed E-state index contributed by atoms with van der Waals surface area (Å²) in [5.74, 6) is 0.795. The molecule has 5 nitrogen and oxygen atoms in total. The fourth-order valence-corrected chi connectivity index (χ4v) is 9.82. The third-order valence-corrected chi connectivity index (χ3v) is 14.2. The Morgan fingerprint density at radius 2 is 0.594 bits per heavy atom. The summed E-state index contributed by atoms with van der Waals surface area (Å²) in [4.78, 5) is 0. The summed E-state index contributed by atoms with van der Waals surface area (Å²) in [6.45, 7) is 11.8. The Morgan fingerprint density at radius 3 is 0.891 bits per heavy atom. The number of rotatable bonds is 54. The fourth-order valence-electron chi connectivity index (χ4n) is 8.77. The van der Waals surface area contributed by atoms with E-state index in [4.69, 9.17) is 23.0 Å². The van der Waals surface area contributed by atoms with Crippen molar-refractivity contribution in [1.82, 2.24) is 0 Å². The van der Waals surface area contributed by atoms with Crippen molar-refractivity contribution >= 4 is 8.60 Å². The highest BCUT2D eigenvalue weighted by Crippen LogP contribution is 2.41. The third-order valence-electron chi connectivity index (χ3n) is 13.1. The lowest BCUT2D eigenvalue weighted by Crippen LogP contribution is -2.23. The minimum Gasteiger partial charge on any atom is -0.427 e. The van der Waals surface area contributed by atoms with Gasteiger partial charge in [0.25, 0.3) is 0 Å². The van der Waals surface area contributed by atoms with Gasteiger partial charge in [-0.05, 0) is 37.8 Å². The molecule has 2 unspecified atom stereocenters. The third kappa shape index (κ3) is 43.8. The molecule has 1 aromatic carbocycles. The fraction of sp³-hybridized carbons (Fsp3) is 0.897. The topological polar surface area (TPSA) is 46.2 Å². The average Bonchev–Trinajstić information content (AvgIpc) is 3.31. The van der Waals surface area contributed by atoms with Crippen LogP contribution in [-0.2, 0) is 18.5 Å². The van der Waals surface area contributed by atoms with Gasteiger partial charge < -0.3 is 14.0 Å². The Kier molecular flexibility index (Phi) is 49.5. The molecule has 0 saturated heterocycles. The van der Waals surface area contributed by atoms with Gasteiger partial charge in [-0.2, -0.15) is 0 Å². The quantitative estimate of drug-likeness (QED) is 0.0481. The van der Waals surface area contributed by atoms with Crippen LogP contribution >= 0.6 is 8.60 Å². The molecule has 0 spiro atoms. The van der Waals surface area contributed by atoms with E-state index in [1.54, 1.807) is 0 Å². The van der Waals surface area contributed by atoms with Crippen molar-refractivity contribution in [3.8, 4) is 5.75 Å². The highest BCUT2D eigenvalue weighted by Gasteiger charge is 2.22. The van der Waals surface area contributed by atoms with E-state index < -0.39 is 8.60 Å². The van der Waals surface area contributed by atoms with Gasteiger partial charge in [0.1, 0.15) is 5.75 Å². The standard InChI is InChI=1S/C58H111O5P/c1-5-9-13-17-21-25-27-31-35-39-46-52-59-57(50-42-37-33-29-23-19-15-11-7-3)54-61-64(63-56-48-44-41-45-49-56)62-55-58(51-43-38-34-30-24-20-16-12-8-4)60-53-47-40-36-32-28-26-22-18-14-10-6-2/h41,44-45,48-49,57-58H,5-40,42-43,46-47,50-55H2,1-4H3. The number of benzene rings is 1. The molecule has 0 N–H and O–H groups in total. The van der Waals surface area contributed by atoms with Crippen LogP contribution in [0.3, 0.4) is 0 Å². The monoisotopic (exact) mass is 919 g/mol. The maximum Gasteiger partial charge on any atom is 0.397 e. The summed E-state index contributed by atoms with van der Waals surface area (Å²) in [6.07, 6.45) is 55.9. The SMILES string of the molecule is CCCCCCCCCCCCCOC(CCCCCCCCCCC)COP(OCC(CCCCCCCCCCC)OCCCCCCCCCCCCC)Oc1ccccc1. The Morgan fingerprint density at radius 1 is 0.328 bits per heavy atom. The molecule has 0 bridgehead atoms. The summed E-state index contributed by atoms with van der Waals surface area (Å²) >= 11 is 0. The van der Waals surface area contributed by atoms with Gasteiger partial charge in [-0.25, -0.2) is 0 Å². The second kappa shape index (κ2) is 51.7. The van der Waals surface area contributed by atoms with Gasteiger partial charge in [-0.15, -0.1) is 0 Å². The van der Waals surface area contributed by atoms with Crippen LogP contribution in [0.2, 0.25) is 0 Å². The van der Waals surface area contributed by atoms with Gasteiger partial charge in [-0.1, -0.05) is 290 Å². The molecular formula is C58H111O5P. The van der Waals surface area contributed by atoms with E-state index in [1.807, 2.05) is 30.3 Å². The second-order valence-electron chi connectivity index (χ2n) is 19.5. The lowest BCUT2D eigenvalue weighted by molar-refractivity contribution is -0.00608. The molecule has 378 valence electrons. The molecule has 0 aliphatic heterocycles. The van der Waals surface area contributed by atoms with Crippen molar-refractivity contribution in [3.05, 3.63) is 30.3 Å². The molecule has 1 aromatic rings. The van der Waals surface area contributed by atoms with Crippen molar-refractivity contribution in [2.45, 2.75) is 310 Å². The second-order valence-corrected chi connectivity index (χ2v) is 20.7. The molecule has 6 heteroatoms. The predicted octanol–water partition coefficient (Wildman–Crippen LogP) is 20.6. The molecule has 0 aliphatic carbocycles. The number of hydrogen-bond acceptors (Lipinski definition) is 5. The van der Waals surface area contributed by atoms with Crippen LogP contribution in [0.4, 0.5) is 0 Å². The largest absolute Gasteiger partial charge is 0.427 e. The minimum atomic E-state index is -1.60. The van der Waals surface area contributed by atoms with E-state index in [1.165, 1.54) is 244 Å². The Bertz CT molecular complexity index is 938. The molecule has 0 heterocycles. The molecule has 0 saturated carbocycles. The zero-order valence-corrected chi connectivity index (χ0v) is 44.5. The molecule has 0 fully saturated rings. The number of para-hydroxylation sites is 1. The molecular weight excluding hydrogens is 808 g/mol. The van der Waals surface area contributed by atoms with Crippen LogP contribution in [0.1, 0.15) is 297 Å². The van der Waals surface area contributed by atoms with Gasteiger partial charge in [0.05, 0.1) is 25.4 Å². The van der Waals surface area contributed by atoms with Gasteiger partial charge in [-0.3, -0.25) is 9.05 Å². The molecule has 2 atom stereocenters. The van der Waals surface area contributed by atoms with E-state index in [0.29, 0.717) is 13.2 Å². The molecule has 0 amide bonds. The van der Waals surface area contributed by atoms with Crippen LogP contribution in [-0.4, -0.2) is 38.6 Å². The van der Waals surface area contributed by atoms with E-state index in [-0.39, 0.29) is 12.2 Å². The van der Waals surface area contributed by atoms with Crippen LogP contribution in [0.15, 0.2) is 30.3 Å². The van der Waals surface area contributed by atoms with Crippen LogP contribution < -0.4 is 4.52 Å². The summed E-state index contributed by atoms with van der Waals surface area (Å²) in [5.41, 5.74) is 0. The van der Waals surface area contributed by atoms with Crippen molar-refractivity contribution < 1.29 is 23.0 Å². The van der Waals surface area contributed by atoms with E-state index >= 15 is 0 Å². The normalized spacial score (nSPS) is 13.1. The van der Waals surface area contributed by atoms with Crippen molar-refractivity contribution in [3.63, 3.8) is 0 Å². The minimum absolute atomic E-state index is 0.0655. The van der Waals surface area contributed by atoms with Crippen molar-refractivity contribution in [2.24, 2.45) is 0 Å². The smallest absolute Gasteiger partial charge is 0.397 e. The van der Waals surface area contributed by atoms with Gasteiger partial charge in [0.15, 0.2) is 0 Å². The number of hydrogen-bond donors (Lipinski definition) is 0. The highest BCUT2D eigenvalue weighted by atomic mass is 31.2. The lowest BCUT2D eigenvalue weighted by Gasteiger charge is -2.24. The zero-order chi connectivity index (χ0) is 45.9. The maximum atomic E-state index is 6.61. The summed E-state index contributed by atoms with van der Waals surface area (Å²) in [7, 11) is -1.60. The Hall–Kier alpha value is -0.710. The molecule has 0 radical (unpaired) electrons. The highest BCUT2D eigenvalue weighted by molar-refractivity contribution is 7.42. The first-order valence-electron chi connectivity index (χ1n) is 28.8. The van der Waals surface area contributed by atoms with Gasteiger partial charge in [0, 0.05) is 13.2 Å². The van der Waals surface area contributed by atoms with Crippen LogP contribution in [0.5, 0.6) is 5.75 Å². The lowest BCUT2D eigenvalue weighted by atomic mass is 10.1. The van der Waals surface area contributed by atoms with Crippen LogP contribution in [0.25, 0.3) is 0 Å². The molecule has 1 rings (SSSR count). The number of ether oxygens (including phenoxy) is 2. The summed E-state index contributed by atoms with van der Waals surface area (Å²) in [6, 6.07) is 10.1. The van der Waals surface area contributed by atoms with Crippen LogP contribution in [0, 0.1) is 0 Å². The summed E-state index contributed by atoms with van der Waals surface area (Å²) < 4.78 is 32.9. The maximum absolute atomic E-state index is 6.61. The van der Waals surface area contributed by atoms with E-state index in [9.17, 15) is 0 Å². The average molecular weight is 919 g/mol. The first-order valence-corrected chi connectivity index (χ1v) is 29.8. The zero-order valence-electron chi connectivity index (χ0n) is 43.6. The number of unbranched alkanes of at least 4 members (excludes halogenated alkanes) is 36. The first kappa shape index (κ1) is 61.3. The Labute approximate surface area is 402 Å². The van der Waals surface area contributed by atoms with E-state index in [2.05, 4.69) is 27.7 Å². The van der Waals surface area contributed by atoms with E-state index in [0.717, 1.165) is 44.6 Å². The molecule has 64 heavy (non-hydrogen) atoms. The predicted molar refractivity (Wildman–Crippen MR) is 282 cm³/mol. The Balaban J connectivity index is 2.74.